The van der Waals surface area contributed by atoms with Gasteiger partial charge in [-0.2, -0.15) is 0 Å². The lowest BCUT2D eigenvalue weighted by molar-refractivity contribution is -0.123. The van der Waals surface area contributed by atoms with Crippen LogP contribution in [0.3, 0.4) is 0 Å². The fourth-order valence-electron chi connectivity index (χ4n) is 4.96. The van der Waals surface area contributed by atoms with E-state index in [1.54, 1.807) is 4.57 Å². The van der Waals surface area contributed by atoms with Crippen molar-refractivity contribution in [1.82, 2.24) is 14.5 Å². The molecule has 0 saturated carbocycles. The van der Waals surface area contributed by atoms with Crippen LogP contribution in [0, 0.1) is 12.8 Å². The highest BCUT2D eigenvalue weighted by atomic mass is 32.1. The standard InChI is InChI=1S/C25H29N5O3S/c1-15-20-24(28-19-3-2-11-30(19)25(20)33)34-21(15)23(32)27-18-6-4-16(5-7-18)8-12-29-13-9-17(10-14-29)22(26)31/h4-7,17H,2-3,8-14H2,1H3,(H2,26,31)(H,27,32). The number of nitrogens with zero attached hydrogens (tertiary/aromatic N) is 3. The summed E-state index contributed by atoms with van der Waals surface area (Å²) in [7, 11) is 0. The van der Waals surface area contributed by atoms with Gasteiger partial charge in [-0.15, -0.1) is 11.3 Å². The molecule has 178 valence electrons. The second kappa shape index (κ2) is 9.31. The van der Waals surface area contributed by atoms with Crippen molar-refractivity contribution in [3.05, 3.63) is 56.4 Å². The van der Waals surface area contributed by atoms with Gasteiger partial charge in [-0.25, -0.2) is 4.98 Å². The van der Waals surface area contributed by atoms with Gasteiger partial charge in [-0.3, -0.25) is 19.0 Å². The Balaban J connectivity index is 1.22. The molecule has 9 heteroatoms. The number of amides is 2. The number of rotatable bonds is 6. The molecule has 1 fully saturated rings. The van der Waals surface area contributed by atoms with Crippen LogP contribution in [0.25, 0.3) is 10.2 Å². The lowest BCUT2D eigenvalue weighted by Crippen LogP contribution is -2.39. The van der Waals surface area contributed by atoms with Gasteiger partial charge in [0.05, 0.1) is 10.3 Å². The van der Waals surface area contributed by atoms with Crippen LogP contribution in [0.4, 0.5) is 5.69 Å². The lowest BCUT2D eigenvalue weighted by atomic mass is 9.96. The average molecular weight is 480 g/mol. The molecule has 0 radical (unpaired) electrons. The average Bonchev–Trinajstić information content (AvgIpc) is 3.44. The molecular formula is C25H29N5O3S. The maximum absolute atomic E-state index is 13.0. The number of primary amides is 1. The van der Waals surface area contributed by atoms with Crippen LogP contribution in [-0.4, -0.2) is 45.9 Å². The summed E-state index contributed by atoms with van der Waals surface area (Å²) in [5, 5.41) is 3.53. The highest BCUT2D eigenvalue weighted by Crippen LogP contribution is 2.29. The molecule has 0 spiro atoms. The van der Waals surface area contributed by atoms with E-state index in [0.717, 1.165) is 63.3 Å². The number of likely N-dealkylation sites (tertiary alicyclic amines) is 1. The van der Waals surface area contributed by atoms with Gasteiger partial charge in [0, 0.05) is 31.1 Å². The summed E-state index contributed by atoms with van der Waals surface area (Å²) in [6.45, 7) is 5.26. The first kappa shape index (κ1) is 22.7. The van der Waals surface area contributed by atoms with Crippen molar-refractivity contribution in [2.45, 2.75) is 45.6 Å². The van der Waals surface area contributed by atoms with Crippen LogP contribution < -0.4 is 16.6 Å². The molecule has 1 aromatic carbocycles. The molecule has 3 aromatic rings. The van der Waals surface area contributed by atoms with E-state index in [4.69, 9.17) is 5.73 Å². The fourth-order valence-corrected chi connectivity index (χ4v) is 6.05. The van der Waals surface area contributed by atoms with Crippen molar-refractivity contribution in [3.63, 3.8) is 0 Å². The van der Waals surface area contributed by atoms with Crippen molar-refractivity contribution < 1.29 is 9.59 Å². The Morgan fingerprint density at radius 1 is 1.18 bits per heavy atom. The molecule has 2 aliphatic rings. The highest BCUT2D eigenvalue weighted by molar-refractivity contribution is 7.20. The van der Waals surface area contributed by atoms with Gasteiger partial charge in [0.2, 0.25) is 5.91 Å². The number of carbonyl (C=O) groups is 2. The Kier molecular flexibility index (Phi) is 6.22. The van der Waals surface area contributed by atoms with E-state index in [2.05, 4.69) is 15.2 Å². The van der Waals surface area contributed by atoms with Crippen LogP contribution in [0.5, 0.6) is 0 Å². The second-order valence-corrected chi connectivity index (χ2v) is 10.2. The molecule has 2 aliphatic heterocycles. The summed E-state index contributed by atoms with van der Waals surface area (Å²) >= 11 is 1.29. The SMILES string of the molecule is Cc1c(C(=O)Nc2ccc(CCN3CCC(C(N)=O)CC3)cc2)sc2nc3n(c(=O)c12)CCC3. The van der Waals surface area contributed by atoms with E-state index in [1.807, 2.05) is 31.2 Å². The topological polar surface area (TPSA) is 110 Å². The summed E-state index contributed by atoms with van der Waals surface area (Å²) in [5.74, 6) is 0.434. The quantitative estimate of drug-likeness (QED) is 0.565. The molecule has 2 aromatic heterocycles. The lowest BCUT2D eigenvalue weighted by Gasteiger charge is -2.30. The van der Waals surface area contributed by atoms with E-state index in [0.29, 0.717) is 27.2 Å². The number of anilines is 1. The first-order chi connectivity index (χ1) is 16.4. The van der Waals surface area contributed by atoms with Gasteiger partial charge in [0.25, 0.3) is 11.5 Å². The van der Waals surface area contributed by atoms with Crippen LogP contribution in [0.15, 0.2) is 29.1 Å². The van der Waals surface area contributed by atoms with E-state index in [-0.39, 0.29) is 23.3 Å². The van der Waals surface area contributed by atoms with E-state index in [1.165, 1.54) is 16.9 Å². The molecule has 0 aliphatic carbocycles. The second-order valence-electron chi connectivity index (χ2n) is 9.24. The molecule has 3 N–H and O–H groups in total. The molecular weight excluding hydrogens is 450 g/mol. The Morgan fingerprint density at radius 3 is 2.62 bits per heavy atom. The summed E-state index contributed by atoms with van der Waals surface area (Å²) in [6.07, 6.45) is 4.33. The monoisotopic (exact) mass is 479 g/mol. The number of aryl methyl sites for hydroxylation is 2. The third-order valence-corrected chi connectivity index (χ3v) is 8.22. The molecule has 8 nitrogen and oxygen atoms in total. The first-order valence-corrected chi connectivity index (χ1v) is 12.7. The van der Waals surface area contributed by atoms with Crippen LogP contribution in [0.2, 0.25) is 0 Å². The third kappa shape index (κ3) is 4.37. The number of thiophene rings is 1. The Hall–Kier alpha value is -3.04. The van der Waals surface area contributed by atoms with Gasteiger partial charge in [-0.1, -0.05) is 12.1 Å². The Bertz CT molecular complexity index is 1300. The predicted octanol–water partition coefficient (Wildman–Crippen LogP) is 2.70. The molecule has 2 amide bonds. The van der Waals surface area contributed by atoms with Crippen molar-refractivity contribution in [3.8, 4) is 0 Å². The summed E-state index contributed by atoms with van der Waals surface area (Å²) in [6, 6.07) is 7.89. The van der Waals surface area contributed by atoms with Crippen LogP contribution in [0.1, 0.15) is 45.9 Å². The summed E-state index contributed by atoms with van der Waals surface area (Å²) in [5.41, 5.74) is 8.00. The predicted molar refractivity (Wildman–Crippen MR) is 133 cm³/mol. The molecule has 5 rings (SSSR count). The maximum atomic E-state index is 13.0. The van der Waals surface area contributed by atoms with E-state index >= 15 is 0 Å². The fraction of sp³-hybridized carbons (Fsp3) is 0.440. The van der Waals surface area contributed by atoms with E-state index in [9.17, 15) is 14.4 Å². The van der Waals surface area contributed by atoms with Gasteiger partial charge in [-0.05, 0) is 69.0 Å². The number of nitrogens with one attached hydrogen (secondary N) is 1. The molecule has 1 saturated heterocycles. The minimum atomic E-state index is -0.213. The van der Waals surface area contributed by atoms with Crippen LogP contribution >= 0.6 is 11.3 Å². The zero-order valence-corrected chi connectivity index (χ0v) is 20.1. The molecule has 34 heavy (non-hydrogen) atoms. The molecule has 0 unspecified atom stereocenters. The van der Waals surface area contributed by atoms with Gasteiger partial charge < -0.3 is 16.0 Å². The number of aromatic nitrogens is 2. The summed E-state index contributed by atoms with van der Waals surface area (Å²) < 4.78 is 1.74. The Morgan fingerprint density at radius 2 is 1.91 bits per heavy atom. The first-order valence-electron chi connectivity index (χ1n) is 11.9. The van der Waals surface area contributed by atoms with Gasteiger partial charge >= 0.3 is 0 Å². The largest absolute Gasteiger partial charge is 0.369 e. The van der Waals surface area contributed by atoms with E-state index < -0.39 is 0 Å². The number of hydrogen-bond donors (Lipinski definition) is 2. The number of fused-ring (bicyclic) bond motifs is 2. The maximum Gasteiger partial charge on any atom is 0.266 e. The minimum absolute atomic E-state index is 0.0133. The number of piperidine rings is 1. The number of carbonyl (C=O) groups excluding carboxylic acids is 2. The highest BCUT2D eigenvalue weighted by Gasteiger charge is 2.24. The number of nitrogens with two attached hydrogens (primary N) is 1. The minimum Gasteiger partial charge on any atom is -0.369 e. The molecule has 0 bridgehead atoms. The van der Waals surface area contributed by atoms with Crippen molar-refractivity contribution >= 4 is 39.1 Å². The van der Waals surface area contributed by atoms with Gasteiger partial charge in [0.15, 0.2) is 0 Å². The zero-order valence-electron chi connectivity index (χ0n) is 19.3. The number of benzene rings is 1. The third-order valence-electron chi connectivity index (χ3n) is 7.04. The zero-order chi connectivity index (χ0) is 23.8. The van der Waals surface area contributed by atoms with Gasteiger partial charge in [0.1, 0.15) is 10.7 Å². The van der Waals surface area contributed by atoms with Crippen LogP contribution in [-0.2, 0) is 24.2 Å². The normalized spacial score (nSPS) is 16.6. The smallest absolute Gasteiger partial charge is 0.266 e. The summed E-state index contributed by atoms with van der Waals surface area (Å²) in [4.78, 5) is 45.4. The van der Waals surface area contributed by atoms with Crippen molar-refractivity contribution in [1.29, 1.82) is 0 Å². The molecule has 0 atom stereocenters. The number of hydrogen-bond acceptors (Lipinski definition) is 6. The van der Waals surface area contributed by atoms with Crippen molar-refractivity contribution in [2.75, 3.05) is 25.0 Å². The Labute approximate surface area is 201 Å². The van der Waals surface area contributed by atoms with Crippen molar-refractivity contribution in [2.24, 2.45) is 11.7 Å². The molecule has 4 heterocycles.